The monoisotopic (exact) mass is 528 g/mol. The Morgan fingerprint density at radius 1 is 1.03 bits per heavy atom. The van der Waals surface area contributed by atoms with Crippen LogP contribution in [0.3, 0.4) is 0 Å². The van der Waals surface area contributed by atoms with Gasteiger partial charge in [-0.3, -0.25) is 0 Å². The quantitative estimate of drug-likeness (QED) is 0.109. The lowest BCUT2D eigenvalue weighted by atomic mass is 9.98. The molecule has 200 valence electrons. The summed E-state index contributed by atoms with van der Waals surface area (Å²) in [4.78, 5) is 11.1. The van der Waals surface area contributed by atoms with E-state index in [-0.39, 0.29) is 22.7 Å². The minimum atomic E-state index is -4.69. The topological polar surface area (TPSA) is 48.7 Å². The Morgan fingerprint density at radius 3 is 2.43 bits per heavy atom. The van der Waals surface area contributed by atoms with Crippen LogP contribution in [0.1, 0.15) is 37.3 Å². The molecular formula is C27H26F6O4. The summed E-state index contributed by atoms with van der Waals surface area (Å²) in [5.74, 6) is -3.10. The van der Waals surface area contributed by atoms with Crippen molar-refractivity contribution in [1.82, 2.24) is 0 Å². The SMILES string of the molecule is C=CC(=O)OCC(COc1ccc2cc(-c3ccc(CCCCC)cc3C(F)(F)F)oc2c1)C(F)(F)F. The Kier molecular flexibility index (Phi) is 8.94. The molecule has 2 aromatic carbocycles. The van der Waals surface area contributed by atoms with Gasteiger partial charge in [0.05, 0.1) is 5.56 Å². The number of hydrogen-bond acceptors (Lipinski definition) is 4. The molecule has 0 saturated heterocycles. The fourth-order valence-electron chi connectivity index (χ4n) is 3.68. The molecule has 0 aliphatic heterocycles. The molecule has 1 unspecified atom stereocenters. The number of rotatable bonds is 11. The number of unbranched alkanes of at least 4 members (excludes halogenated alkanes) is 2. The van der Waals surface area contributed by atoms with E-state index < -0.39 is 43.0 Å². The van der Waals surface area contributed by atoms with E-state index in [0.29, 0.717) is 17.4 Å². The number of carbonyl (C=O) groups is 1. The molecule has 3 aromatic rings. The normalized spacial score (nSPS) is 12.9. The van der Waals surface area contributed by atoms with Gasteiger partial charge in [-0.25, -0.2) is 4.79 Å². The van der Waals surface area contributed by atoms with Crippen LogP contribution in [0.2, 0.25) is 0 Å². The average Bonchev–Trinajstić information content (AvgIpc) is 3.25. The zero-order valence-corrected chi connectivity index (χ0v) is 20.0. The number of alkyl halides is 6. The summed E-state index contributed by atoms with van der Waals surface area (Å²) < 4.78 is 96.7. The summed E-state index contributed by atoms with van der Waals surface area (Å²) in [5, 5.41) is 0.454. The van der Waals surface area contributed by atoms with Crippen molar-refractivity contribution in [3.8, 4) is 17.1 Å². The van der Waals surface area contributed by atoms with Crippen LogP contribution in [0.5, 0.6) is 5.75 Å². The smallest absolute Gasteiger partial charge is 0.417 e. The second kappa shape index (κ2) is 11.7. The first kappa shape index (κ1) is 28.1. The molecule has 0 radical (unpaired) electrons. The van der Waals surface area contributed by atoms with Gasteiger partial charge in [0.25, 0.3) is 0 Å². The molecule has 0 spiro atoms. The second-order valence-corrected chi connectivity index (χ2v) is 8.53. The molecule has 0 aliphatic carbocycles. The molecule has 1 heterocycles. The van der Waals surface area contributed by atoms with Gasteiger partial charge >= 0.3 is 18.3 Å². The number of fused-ring (bicyclic) bond motifs is 1. The standard InChI is InChI=1S/C27H26F6O4/c1-3-5-6-7-17-8-11-21(22(12-17)27(31,32)33)24-13-18-9-10-20(14-23(18)37-24)35-15-19(26(28,29)30)16-36-25(34)4-2/h4,8-14,19H,2-3,5-7,15-16H2,1H3. The summed E-state index contributed by atoms with van der Waals surface area (Å²) in [6, 6.07) is 9.73. The molecule has 37 heavy (non-hydrogen) atoms. The highest BCUT2D eigenvalue weighted by atomic mass is 19.4. The fraction of sp³-hybridized carbons (Fsp3) is 0.370. The lowest BCUT2D eigenvalue weighted by Gasteiger charge is -2.20. The third kappa shape index (κ3) is 7.53. The molecule has 0 N–H and O–H groups in total. The zero-order chi connectivity index (χ0) is 27.2. The maximum Gasteiger partial charge on any atom is 0.417 e. The van der Waals surface area contributed by atoms with Crippen molar-refractivity contribution < 1.29 is 45.0 Å². The predicted octanol–water partition coefficient (Wildman–Crippen LogP) is 8.14. The van der Waals surface area contributed by atoms with Crippen molar-refractivity contribution >= 4 is 16.9 Å². The van der Waals surface area contributed by atoms with Crippen LogP contribution in [0, 0.1) is 5.92 Å². The highest BCUT2D eigenvalue weighted by Crippen LogP contribution is 2.40. The van der Waals surface area contributed by atoms with Crippen LogP contribution in [0.25, 0.3) is 22.3 Å². The summed E-state index contributed by atoms with van der Waals surface area (Å²) in [6.07, 6.45) is -5.36. The van der Waals surface area contributed by atoms with Gasteiger partial charge in [0.1, 0.15) is 36.2 Å². The van der Waals surface area contributed by atoms with Gasteiger partial charge in [-0.1, -0.05) is 38.5 Å². The Hall–Kier alpha value is -3.43. The van der Waals surface area contributed by atoms with Crippen molar-refractivity contribution in [2.75, 3.05) is 13.2 Å². The summed E-state index contributed by atoms with van der Waals surface area (Å²) >= 11 is 0. The van der Waals surface area contributed by atoms with Gasteiger partial charge in [0.2, 0.25) is 0 Å². The van der Waals surface area contributed by atoms with E-state index in [1.807, 2.05) is 6.92 Å². The molecule has 10 heteroatoms. The van der Waals surface area contributed by atoms with Crippen LogP contribution in [0.4, 0.5) is 26.3 Å². The third-order valence-electron chi connectivity index (χ3n) is 5.72. The molecule has 1 atom stereocenters. The Labute approximate surface area is 209 Å². The number of carbonyl (C=O) groups excluding carboxylic acids is 1. The Bertz CT molecular complexity index is 1230. The lowest BCUT2D eigenvalue weighted by molar-refractivity contribution is -0.195. The van der Waals surface area contributed by atoms with Crippen molar-refractivity contribution in [3.63, 3.8) is 0 Å². The predicted molar refractivity (Wildman–Crippen MR) is 126 cm³/mol. The van der Waals surface area contributed by atoms with E-state index >= 15 is 0 Å². The van der Waals surface area contributed by atoms with Crippen molar-refractivity contribution in [1.29, 1.82) is 0 Å². The molecule has 0 fully saturated rings. The molecule has 0 bridgehead atoms. The van der Waals surface area contributed by atoms with Gasteiger partial charge in [-0.05, 0) is 42.7 Å². The number of benzene rings is 2. The lowest BCUT2D eigenvalue weighted by Crippen LogP contribution is -2.33. The van der Waals surface area contributed by atoms with Gasteiger partial charge in [0, 0.05) is 23.1 Å². The highest BCUT2D eigenvalue weighted by molar-refractivity contribution is 5.84. The Balaban J connectivity index is 1.83. The average molecular weight is 528 g/mol. The number of furan rings is 1. The van der Waals surface area contributed by atoms with Gasteiger partial charge in [-0.15, -0.1) is 0 Å². The van der Waals surface area contributed by atoms with Gasteiger partial charge in [-0.2, -0.15) is 26.3 Å². The molecule has 1 aromatic heterocycles. The van der Waals surface area contributed by atoms with E-state index in [1.54, 1.807) is 6.07 Å². The zero-order valence-electron chi connectivity index (χ0n) is 20.0. The number of halogens is 6. The van der Waals surface area contributed by atoms with E-state index in [0.717, 1.165) is 31.4 Å². The fourth-order valence-corrected chi connectivity index (χ4v) is 3.68. The first-order chi connectivity index (χ1) is 17.4. The van der Waals surface area contributed by atoms with E-state index in [4.69, 9.17) is 9.15 Å². The Morgan fingerprint density at radius 2 is 1.78 bits per heavy atom. The second-order valence-electron chi connectivity index (χ2n) is 8.53. The summed E-state index contributed by atoms with van der Waals surface area (Å²) in [7, 11) is 0. The van der Waals surface area contributed by atoms with Crippen LogP contribution in [-0.4, -0.2) is 25.4 Å². The minimum Gasteiger partial charge on any atom is -0.493 e. The van der Waals surface area contributed by atoms with E-state index in [2.05, 4.69) is 11.3 Å². The first-order valence-corrected chi connectivity index (χ1v) is 11.6. The minimum absolute atomic E-state index is 0.0139. The van der Waals surface area contributed by atoms with Gasteiger partial charge in [0.15, 0.2) is 0 Å². The molecule has 0 amide bonds. The van der Waals surface area contributed by atoms with Gasteiger partial charge < -0.3 is 13.9 Å². The van der Waals surface area contributed by atoms with Crippen LogP contribution < -0.4 is 4.74 Å². The third-order valence-corrected chi connectivity index (χ3v) is 5.72. The van der Waals surface area contributed by atoms with Crippen molar-refractivity contribution in [3.05, 3.63) is 66.2 Å². The first-order valence-electron chi connectivity index (χ1n) is 11.6. The molecule has 4 nitrogen and oxygen atoms in total. The molecular weight excluding hydrogens is 502 g/mol. The molecule has 0 saturated carbocycles. The van der Waals surface area contributed by atoms with Crippen molar-refractivity contribution in [2.24, 2.45) is 5.92 Å². The number of aryl methyl sites for hydroxylation is 1. The van der Waals surface area contributed by atoms with Crippen LogP contribution >= 0.6 is 0 Å². The van der Waals surface area contributed by atoms with E-state index in [9.17, 15) is 31.1 Å². The highest BCUT2D eigenvalue weighted by Gasteiger charge is 2.41. The maximum atomic E-state index is 13.8. The summed E-state index contributed by atoms with van der Waals surface area (Å²) in [6.45, 7) is 3.35. The van der Waals surface area contributed by atoms with Crippen LogP contribution in [-0.2, 0) is 22.1 Å². The molecule has 0 aliphatic rings. The number of esters is 1. The molecule has 3 rings (SSSR count). The number of ether oxygens (including phenoxy) is 2. The number of hydrogen-bond donors (Lipinski definition) is 0. The maximum absolute atomic E-state index is 13.8. The van der Waals surface area contributed by atoms with E-state index in [1.165, 1.54) is 30.3 Å². The van der Waals surface area contributed by atoms with Crippen molar-refractivity contribution in [2.45, 2.75) is 45.0 Å². The summed E-state index contributed by atoms with van der Waals surface area (Å²) in [5.41, 5.74) is -0.227. The largest absolute Gasteiger partial charge is 0.493 e. The van der Waals surface area contributed by atoms with Crippen LogP contribution in [0.15, 0.2) is 59.5 Å².